The van der Waals surface area contributed by atoms with Gasteiger partial charge in [0.05, 0.1) is 6.61 Å². The summed E-state index contributed by atoms with van der Waals surface area (Å²) in [6.45, 7) is 11.0. The van der Waals surface area contributed by atoms with Crippen LogP contribution in [0.5, 0.6) is 0 Å². The van der Waals surface area contributed by atoms with Gasteiger partial charge in [-0.2, -0.15) is 0 Å². The predicted octanol–water partition coefficient (Wildman–Crippen LogP) is 6.26. The van der Waals surface area contributed by atoms with Gasteiger partial charge < -0.3 is 8.84 Å². The van der Waals surface area contributed by atoms with Crippen LogP contribution in [0.3, 0.4) is 0 Å². The number of halogens is 1. The predicted molar refractivity (Wildman–Crippen MR) is 90.6 cm³/mol. The second-order valence-electron chi connectivity index (χ2n) is 6.66. The fourth-order valence-corrected chi connectivity index (χ4v) is 3.32. The summed E-state index contributed by atoms with van der Waals surface area (Å²) in [4.78, 5) is 0. The van der Waals surface area contributed by atoms with E-state index in [2.05, 4.69) is 6.58 Å². The first-order valence-electron chi connectivity index (χ1n) is 8.33. The Kier molecular flexibility index (Phi) is 12.5. The van der Waals surface area contributed by atoms with Gasteiger partial charge in [-0.3, -0.25) is 0 Å². The van der Waals surface area contributed by atoms with Gasteiger partial charge in [-0.15, -0.1) is 0 Å². The molecular formula is C17H35FOSi. The van der Waals surface area contributed by atoms with Crippen LogP contribution in [0, 0.1) is 0 Å². The van der Waals surface area contributed by atoms with E-state index < -0.39 is 8.41 Å². The molecule has 0 bridgehead atoms. The Hall–Kier alpha value is -0.153. The van der Waals surface area contributed by atoms with E-state index in [0.717, 1.165) is 24.6 Å². The second kappa shape index (κ2) is 12.6. The number of ether oxygens (including phenoxy) is 1. The molecule has 3 heteroatoms. The van der Waals surface area contributed by atoms with Gasteiger partial charge in [-0.05, 0) is 32.5 Å². The zero-order chi connectivity index (χ0) is 15.3. The highest BCUT2D eigenvalue weighted by atomic mass is 28.4. The smallest absolute Gasteiger partial charge is 0.240 e. The lowest BCUT2D eigenvalue weighted by atomic mass is 10.1. The molecule has 0 aromatic rings. The summed E-state index contributed by atoms with van der Waals surface area (Å²) in [7, 11) is -2.28. The molecule has 0 heterocycles. The van der Waals surface area contributed by atoms with Crippen molar-refractivity contribution in [3.8, 4) is 0 Å². The molecule has 0 unspecified atom stereocenters. The van der Waals surface area contributed by atoms with E-state index in [1.54, 1.807) is 0 Å². The van der Waals surface area contributed by atoms with Crippen molar-refractivity contribution in [2.24, 2.45) is 0 Å². The summed E-state index contributed by atoms with van der Waals surface area (Å²) in [5.41, 5.74) is 1.10. The molecule has 0 rings (SSSR count). The lowest BCUT2D eigenvalue weighted by Crippen LogP contribution is -2.16. The maximum Gasteiger partial charge on any atom is 0.240 e. The van der Waals surface area contributed by atoms with Crippen molar-refractivity contribution < 1.29 is 8.84 Å². The summed E-state index contributed by atoms with van der Waals surface area (Å²) >= 11 is 0. The van der Waals surface area contributed by atoms with E-state index in [1.165, 1.54) is 51.4 Å². The molecule has 0 fully saturated rings. The van der Waals surface area contributed by atoms with Gasteiger partial charge in [0.15, 0.2) is 0 Å². The third kappa shape index (κ3) is 17.8. The number of unbranched alkanes of at least 4 members (excludes halogenated alkanes) is 8. The van der Waals surface area contributed by atoms with Crippen LogP contribution in [0.4, 0.5) is 4.11 Å². The van der Waals surface area contributed by atoms with E-state index in [1.807, 2.05) is 20.0 Å². The van der Waals surface area contributed by atoms with Crippen LogP contribution in [-0.2, 0) is 4.74 Å². The first-order chi connectivity index (χ1) is 9.42. The van der Waals surface area contributed by atoms with Crippen molar-refractivity contribution in [1.82, 2.24) is 0 Å². The van der Waals surface area contributed by atoms with Crippen LogP contribution in [0.2, 0.25) is 19.1 Å². The zero-order valence-electron chi connectivity index (χ0n) is 14.0. The quantitative estimate of drug-likeness (QED) is 0.159. The Balaban J connectivity index is 3.05. The fraction of sp³-hybridized carbons (Fsp3) is 0.882. The van der Waals surface area contributed by atoms with E-state index in [9.17, 15) is 4.11 Å². The molecule has 0 amide bonds. The number of hydrogen-bond donors (Lipinski definition) is 0. The first kappa shape index (κ1) is 19.8. The summed E-state index contributed by atoms with van der Waals surface area (Å²) < 4.78 is 18.8. The summed E-state index contributed by atoms with van der Waals surface area (Å²) in [6, 6.07) is 0.844. The highest BCUT2D eigenvalue weighted by molar-refractivity contribution is 6.70. The van der Waals surface area contributed by atoms with Crippen LogP contribution in [-0.4, -0.2) is 21.6 Å². The molecule has 20 heavy (non-hydrogen) atoms. The van der Waals surface area contributed by atoms with Gasteiger partial charge in [0, 0.05) is 6.61 Å². The molecule has 0 N–H and O–H groups in total. The highest BCUT2D eigenvalue weighted by Crippen LogP contribution is 2.17. The zero-order valence-corrected chi connectivity index (χ0v) is 15.0. The maximum atomic E-state index is 13.4. The lowest BCUT2D eigenvalue weighted by molar-refractivity contribution is 0.151. The Morgan fingerprint density at radius 3 is 1.80 bits per heavy atom. The van der Waals surface area contributed by atoms with Crippen LogP contribution in [0.1, 0.15) is 64.7 Å². The van der Waals surface area contributed by atoms with Crippen molar-refractivity contribution in [3.63, 3.8) is 0 Å². The van der Waals surface area contributed by atoms with E-state index in [4.69, 9.17) is 4.74 Å². The minimum absolute atomic E-state index is 0.707. The molecule has 1 nitrogen and oxygen atoms in total. The largest absolute Gasteiger partial charge is 0.377 e. The third-order valence-electron chi connectivity index (χ3n) is 3.41. The molecule has 0 spiro atoms. The SMILES string of the molecule is C=C(C)COCCCCCCCCCCC[Si](C)(C)F. The van der Waals surface area contributed by atoms with E-state index in [0.29, 0.717) is 6.61 Å². The second-order valence-corrected chi connectivity index (χ2v) is 10.6. The van der Waals surface area contributed by atoms with Gasteiger partial charge in [-0.25, -0.2) is 0 Å². The molecule has 0 saturated carbocycles. The molecule has 0 aromatic heterocycles. The Morgan fingerprint density at radius 1 is 0.900 bits per heavy atom. The molecule has 0 aliphatic heterocycles. The van der Waals surface area contributed by atoms with Crippen molar-refractivity contribution in [3.05, 3.63) is 12.2 Å². The Bertz CT molecular complexity index is 236. The average Bonchev–Trinajstić information content (AvgIpc) is 2.33. The highest BCUT2D eigenvalue weighted by Gasteiger charge is 2.18. The van der Waals surface area contributed by atoms with E-state index >= 15 is 0 Å². The lowest BCUT2D eigenvalue weighted by Gasteiger charge is -2.09. The molecule has 0 aliphatic rings. The van der Waals surface area contributed by atoms with Crippen molar-refractivity contribution in [1.29, 1.82) is 0 Å². The fourth-order valence-electron chi connectivity index (χ4n) is 2.23. The maximum absolute atomic E-state index is 13.4. The third-order valence-corrected chi connectivity index (χ3v) is 4.95. The summed E-state index contributed by atoms with van der Waals surface area (Å²) in [5.74, 6) is 0. The van der Waals surface area contributed by atoms with Gasteiger partial charge in [0.2, 0.25) is 8.41 Å². The number of hydrogen-bond acceptors (Lipinski definition) is 1. The monoisotopic (exact) mass is 302 g/mol. The number of rotatable bonds is 14. The molecule has 0 atom stereocenters. The normalized spacial score (nSPS) is 11.8. The van der Waals surface area contributed by atoms with Gasteiger partial charge >= 0.3 is 0 Å². The van der Waals surface area contributed by atoms with Crippen LogP contribution in [0.25, 0.3) is 0 Å². The standard InChI is InChI=1S/C17H35FOSi/c1-17(2)16-19-14-12-10-8-6-5-7-9-11-13-15-20(3,4)18/h1,5-16H2,2-4H3. The van der Waals surface area contributed by atoms with Gasteiger partial charge in [-0.1, -0.05) is 63.5 Å². The first-order valence-corrected chi connectivity index (χ1v) is 11.4. The molecule has 0 saturated heterocycles. The summed E-state index contributed by atoms with van der Waals surface area (Å²) in [6.07, 6.45) is 11.4. The van der Waals surface area contributed by atoms with Gasteiger partial charge in [0.25, 0.3) is 0 Å². The van der Waals surface area contributed by atoms with Gasteiger partial charge in [0.1, 0.15) is 0 Å². The van der Waals surface area contributed by atoms with Crippen molar-refractivity contribution in [2.75, 3.05) is 13.2 Å². The van der Waals surface area contributed by atoms with E-state index in [-0.39, 0.29) is 0 Å². The topological polar surface area (TPSA) is 9.23 Å². The average molecular weight is 303 g/mol. The van der Waals surface area contributed by atoms with Crippen molar-refractivity contribution in [2.45, 2.75) is 83.8 Å². The van der Waals surface area contributed by atoms with Crippen LogP contribution >= 0.6 is 0 Å². The Morgan fingerprint density at radius 2 is 1.35 bits per heavy atom. The molecule has 0 radical (unpaired) electrons. The summed E-state index contributed by atoms with van der Waals surface area (Å²) in [5, 5.41) is 0. The van der Waals surface area contributed by atoms with Crippen LogP contribution < -0.4 is 0 Å². The minimum Gasteiger partial charge on any atom is -0.377 e. The molecule has 0 aromatic carbocycles. The molecule has 0 aliphatic carbocycles. The van der Waals surface area contributed by atoms with Crippen LogP contribution in [0.15, 0.2) is 12.2 Å². The van der Waals surface area contributed by atoms with Crippen molar-refractivity contribution >= 4 is 8.41 Å². The minimum atomic E-state index is -2.28. The molecular weight excluding hydrogens is 267 g/mol. The molecule has 120 valence electrons. The Labute approximate surface area is 127 Å².